The van der Waals surface area contributed by atoms with Crippen LogP contribution in [0.4, 0.5) is 27.5 Å². The van der Waals surface area contributed by atoms with Crippen molar-refractivity contribution in [1.82, 2.24) is 31.1 Å². The number of carbonyl (C=O) groups excluding carboxylic acids is 8. The minimum atomic E-state index is -1.49. The molecule has 0 bridgehead atoms. The molecule has 1 spiro atoms. The molecule has 8 amide bonds. The summed E-state index contributed by atoms with van der Waals surface area (Å²) in [5.74, 6) is 3.38. The Morgan fingerprint density at radius 3 is 2.19 bits per heavy atom. The number of nitrogens with zero attached hydrogens (tertiary/aromatic N) is 4. The smallest absolute Gasteiger partial charge is 0.416 e. The van der Waals surface area contributed by atoms with E-state index in [0.29, 0.717) is 65.5 Å². The van der Waals surface area contributed by atoms with Crippen molar-refractivity contribution in [3.8, 4) is 34.8 Å². The number of methoxy groups -OCH3 is 2. The van der Waals surface area contributed by atoms with Gasteiger partial charge < -0.3 is 80.5 Å². The SMILES string of the molecule is COc1cc2c(cc1OCCCOc1cc3c(cc1OC)C(=O)N1CC4(CC4)C[C@H]1C(O)N3C(=O)OCc1ccc(NC(=O)[C@H](C)NC(=O)[C@@H](NC(=O)CNC(=O)CNC(=O)CCC(=O)N3Cc4ccccc4C#Cc4ccccc43)C(C)C)cc1)NC[C@@H]1CC(c3ccsc3)=CN1C2O. The number of thiophene rings is 1. The van der Waals surface area contributed by atoms with E-state index in [9.17, 15) is 48.6 Å². The Morgan fingerprint density at radius 2 is 1.46 bits per heavy atom. The molecule has 12 rings (SSSR count). The molecule has 6 atom stereocenters. The van der Waals surface area contributed by atoms with E-state index < -0.39 is 85.2 Å². The maximum absolute atomic E-state index is 14.5. The van der Waals surface area contributed by atoms with Gasteiger partial charge in [0.15, 0.2) is 35.5 Å². The van der Waals surface area contributed by atoms with E-state index in [1.165, 1.54) is 31.7 Å². The fraction of sp³-hybridized carbons (Fsp3) is 0.378. The summed E-state index contributed by atoms with van der Waals surface area (Å²) in [5, 5.41) is 44.4. The highest BCUT2D eigenvalue weighted by Crippen LogP contribution is 2.57. The van der Waals surface area contributed by atoms with Crippen LogP contribution in [0.1, 0.15) is 116 Å². The lowest BCUT2D eigenvalue weighted by Crippen LogP contribution is -2.55. The number of para-hydroxylation sites is 1. The zero-order chi connectivity index (χ0) is 70.4. The Hall–Kier alpha value is -10.6. The molecule has 522 valence electrons. The van der Waals surface area contributed by atoms with Gasteiger partial charge in [-0.2, -0.15) is 11.3 Å². The van der Waals surface area contributed by atoms with E-state index in [1.54, 1.807) is 78.5 Å². The average Bonchev–Trinajstić information content (AvgIpc) is 1.57. The lowest BCUT2D eigenvalue weighted by molar-refractivity contribution is -0.132. The van der Waals surface area contributed by atoms with Gasteiger partial charge in [0.25, 0.3) is 5.91 Å². The first-order valence-electron chi connectivity index (χ1n) is 33.4. The second kappa shape index (κ2) is 30.2. The zero-order valence-electron chi connectivity index (χ0n) is 56.1. The van der Waals surface area contributed by atoms with Gasteiger partial charge in [-0.1, -0.05) is 68.2 Å². The summed E-state index contributed by atoms with van der Waals surface area (Å²) in [6, 6.07) is 27.1. The van der Waals surface area contributed by atoms with Crippen molar-refractivity contribution < 1.29 is 72.3 Å². The summed E-state index contributed by atoms with van der Waals surface area (Å²) in [5.41, 5.74) is 7.60. The van der Waals surface area contributed by atoms with Gasteiger partial charge in [-0.3, -0.25) is 33.6 Å². The highest BCUT2D eigenvalue weighted by atomic mass is 32.1. The maximum Gasteiger partial charge on any atom is 0.416 e. The molecule has 1 aromatic heterocycles. The van der Waals surface area contributed by atoms with Crippen LogP contribution in [0.3, 0.4) is 0 Å². The summed E-state index contributed by atoms with van der Waals surface area (Å²) in [6.07, 6.45) is 1.82. The molecule has 5 aliphatic heterocycles. The molecule has 2 unspecified atom stereocenters. The van der Waals surface area contributed by atoms with Gasteiger partial charge in [0, 0.05) is 78.7 Å². The molecule has 100 heavy (non-hydrogen) atoms. The molecular formula is C74H80N10O15S. The van der Waals surface area contributed by atoms with Crippen molar-refractivity contribution >= 4 is 87.1 Å². The van der Waals surface area contributed by atoms with E-state index >= 15 is 0 Å². The molecule has 6 aromatic rings. The highest BCUT2D eigenvalue weighted by Gasteiger charge is 2.58. The lowest BCUT2D eigenvalue weighted by atomic mass is 10.0. The third-order valence-corrected chi connectivity index (χ3v) is 19.6. The monoisotopic (exact) mass is 1380 g/mol. The predicted octanol–water partition coefficient (Wildman–Crippen LogP) is 7.16. The van der Waals surface area contributed by atoms with Gasteiger partial charge in [-0.25, -0.2) is 9.69 Å². The first kappa shape index (κ1) is 69.3. The molecule has 1 aliphatic carbocycles. The third-order valence-electron chi connectivity index (χ3n) is 18.9. The molecular weight excluding hydrogens is 1300 g/mol. The van der Waals surface area contributed by atoms with E-state index in [-0.39, 0.29) is 85.2 Å². The summed E-state index contributed by atoms with van der Waals surface area (Å²) in [6.45, 7) is 5.21. The van der Waals surface area contributed by atoms with Crippen molar-refractivity contribution in [3.63, 3.8) is 0 Å². The van der Waals surface area contributed by atoms with E-state index in [1.807, 2.05) is 65.0 Å². The molecule has 8 N–H and O–H groups in total. The van der Waals surface area contributed by atoms with E-state index in [0.717, 1.165) is 46.5 Å². The number of carbonyl (C=O) groups is 8. The quantitative estimate of drug-likeness (QED) is 0.0220. The van der Waals surface area contributed by atoms with Gasteiger partial charge >= 0.3 is 6.09 Å². The molecule has 25 nitrogen and oxygen atoms in total. The van der Waals surface area contributed by atoms with Crippen molar-refractivity contribution in [2.45, 2.75) is 115 Å². The number of nitrogens with one attached hydrogen (secondary N) is 6. The first-order valence-corrected chi connectivity index (χ1v) is 34.3. The number of ether oxygens (including phenoxy) is 5. The van der Waals surface area contributed by atoms with Gasteiger partial charge in [0.2, 0.25) is 35.4 Å². The number of amides is 8. The summed E-state index contributed by atoms with van der Waals surface area (Å²) in [7, 11) is 2.99. The van der Waals surface area contributed by atoms with Crippen LogP contribution in [0.15, 0.2) is 120 Å². The Bertz CT molecular complexity index is 4220. The standard InChI is InChI=1S/C74H80N10O15S/c1-43(2)67(80-65(87)37-77-64(86)36-76-63(85)21-22-66(88)82-38-48-13-7-6-11-46(48)17-18-47-12-8-9-14-56(47)82)69(90)78-44(3)68(89)79-51-19-15-45(16-20-51)40-99-73(94)84-57-33-62(60(96-5)31-54(57)71(92)83-42-74(24-25-74)34-58(83)72(84)93)98-27-10-26-97-61-32-55-53(30-59(61)95-4)70(91)81-39-50(29-52(81)35-75-55)49-23-28-100-41-49/h6-9,11-16,19-20,23,28,30-33,39,41,43-44,52,58,67,70,72,75,91,93H,10,21-22,24-27,29,34-38,40,42H2,1-5H3,(H,76,85)(H,77,86)(H,78,90)(H,79,89)(H,80,87)/t44-,52-,58-,67-,70?,72?/m0/s1. The minimum absolute atomic E-state index is 0.0453. The fourth-order valence-corrected chi connectivity index (χ4v) is 13.8. The number of hydrogen-bond donors (Lipinski definition) is 8. The topological polar surface area (TPSA) is 308 Å². The number of benzene rings is 5. The van der Waals surface area contributed by atoms with Gasteiger partial charge in [0.1, 0.15) is 18.7 Å². The molecule has 0 radical (unpaired) electrons. The Balaban J connectivity index is 0.604. The second-order valence-electron chi connectivity index (χ2n) is 26.1. The summed E-state index contributed by atoms with van der Waals surface area (Å²) in [4.78, 5) is 114. The lowest BCUT2D eigenvalue weighted by Gasteiger charge is -2.31. The van der Waals surface area contributed by atoms with Gasteiger partial charge in [0.05, 0.1) is 76.1 Å². The van der Waals surface area contributed by atoms with Crippen LogP contribution in [-0.4, -0.2) is 151 Å². The minimum Gasteiger partial charge on any atom is -0.493 e. The Kier molecular flexibility index (Phi) is 21.0. The number of hydrogen-bond acceptors (Lipinski definition) is 18. The van der Waals surface area contributed by atoms with E-state index in [4.69, 9.17) is 23.7 Å². The molecule has 2 fully saturated rings. The van der Waals surface area contributed by atoms with Gasteiger partial charge in [-0.05, 0) is 125 Å². The highest BCUT2D eigenvalue weighted by molar-refractivity contribution is 7.08. The summed E-state index contributed by atoms with van der Waals surface area (Å²) < 4.78 is 29.9. The molecule has 5 aromatic carbocycles. The Morgan fingerprint density at radius 1 is 0.760 bits per heavy atom. The van der Waals surface area contributed by atoms with Crippen molar-refractivity contribution in [2.75, 3.05) is 74.0 Å². The number of fused-ring (bicyclic) bond motifs is 6. The second-order valence-corrected chi connectivity index (χ2v) is 26.9. The van der Waals surface area contributed by atoms with Crippen LogP contribution >= 0.6 is 11.3 Å². The number of aliphatic hydroxyl groups excluding tert-OH is 2. The molecule has 26 heteroatoms. The zero-order valence-corrected chi connectivity index (χ0v) is 56.9. The van der Waals surface area contributed by atoms with Crippen LogP contribution in [0.2, 0.25) is 0 Å². The number of rotatable bonds is 24. The number of aliphatic hydroxyl groups is 2. The fourth-order valence-electron chi connectivity index (χ4n) is 13.2. The van der Waals surface area contributed by atoms with Crippen molar-refractivity contribution in [2.24, 2.45) is 11.3 Å². The molecule has 1 saturated heterocycles. The predicted molar refractivity (Wildman–Crippen MR) is 372 cm³/mol. The van der Waals surface area contributed by atoms with Crippen molar-refractivity contribution in [3.05, 3.63) is 159 Å². The largest absolute Gasteiger partial charge is 0.493 e. The normalized spacial score (nSPS) is 18.6. The average molecular weight is 1380 g/mol. The van der Waals surface area contributed by atoms with Crippen LogP contribution in [0.25, 0.3) is 5.57 Å². The summed E-state index contributed by atoms with van der Waals surface area (Å²) >= 11 is 1.64. The number of anilines is 4. The van der Waals surface area contributed by atoms with Gasteiger partial charge in [-0.15, -0.1) is 0 Å². The van der Waals surface area contributed by atoms with Crippen LogP contribution in [0, 0.1) is 23.2 Å². The molecule has 6 heterocycles. The molecule has 1 saturated carbocycles. The van der Waals surface area contributed by atoms with Crippen LogP contribution in [0.5, 0.6) is 23.0 Å². The van der Waals surface area contributed by atoms with Crippen molar-refractivity contribution in [1.29, 1.82) is 0 Å². The maximum atomic E-state index is 14.5. The third kappa shape index (κ3) is 15.5. The molecule has 6 aliphatic rings. The Labute approximate surface area is 582 Å². The van der Waals surface area contributed by atoms with E-state index in [2.05, 4.69) is 55.2 Å². The van der Waals surface area contributed by atoms with Crippen LogP contribution < -0.4 is 60.6 Å². The first-order chi connectivity index (χ1) is 48.3. The van der Waals surface area contributed by atoms with Crippen LogP contribution in [-0.2, 0) is 46.7 Å².